The van der Waals surface area contributed by atoms with Gasteiger partial charge in [0.25, 0.3) is 0 Å². The Hall–Kier alpha value is -0.470. The minimum Gasteiger partial charge on any atom is -0.379 e. The Morgan fingerprint density at radius 3 is 2.36 bits per heavy atom. The average Bonchev–Trinajstić information content (AvgIpc) is 2.16. The molecular weight excluding hydrogens is 192 g/mol. The van der Waals surface area contributed by atoms with Crippen LogP contribution in [0.1, 0.15) is 19.4 Å². The molecule has 0 saturated carbocycles. The molecule has 2 heteroatoms. The molecule has 2 rings (SSSR count). The molecule has 1 fully saturated rings. The van der Waals surface area contributed by atoms with Crippen LogP contribution in [0.4, 0.5) is 0 Å². The van der Waals surface area contributed by atoms with E-state index in [0.717, 1.165) is 19.0 Å². The third-order valence-electron chi connectivity index (χ3n) is 2.70. The molecule has 1 aromatic rings. The van der Waals surface area contributed by atoms with Crippen molar-refractivity contribution in [2.75, 3.05) is 19.0 Å². The van der Waals surface area contributed by atoms with E-state index in [0.29, 0.717) is 0 Å². The molecule has 0 unspecified atom stereocenters. The van der Waals surface area contributed by atoms with Gasteiger partial charge < -0.3 is 4.74 Å². The molecule has 0 amide bonds. The van der Waals surface area contributed by atoms with Crippen LogP contribution in [0, 0.1) is 0 Å². The first-order chi connectivity index (χ1) is 6.74. The fourth-order valence-electron chi connectivity index (χ4n) is 1.70. The highest BCUT2D eigenvalue weighted by molar-refractivity contribution is 7.99. The standard InChI is InChI=1S/C12H16OS/c1-3-14-11-6-4-10(5-7-11)12(2)8-13-9-12/h4-7H,3,8-9H2,1-2H3. The normalized spacial score (nSPS) is 19.0. The second kappa shape index (κ2) is 3.95. The third kappa shape index (κ3) is 1.82. The Bertz CT molecular complexity index is 301. The summed E-state index contributed by atoms with van der Waals surface area (Å²) in [6.45, 7) is 6.18. The lowest BCUT2D eigenvalue weighted by molar-refractivity contribution is -0.0500. The van der Waals surface area contributed by atoms with Crippen LogP contribution in [0.2, 0.25) is 0 Å². The maximum atomic E-state index is 5.26. The average molecular weight is 208 g/mol. The van der Waals surface area contributed by atoms with Gasteiger partial charge in [0.2, 0.25) is 0 Å². The van der Waals surface area contributed by atoms with E-state index in [1.54, 1.807) is 0 Å². The van der Waals surface area contributed by atoms with Crippen LogP contribution >= 0.6 is 11.8 Å². The first-order valence-corrected chi connectivity index (χ1v) is 6.04. The van der Waals surface area contributed by atoms with E-state index in [4.69, 9.17) is 4.74 Å². The largest absolute Gasteiger partial charge is 0.379 e. The predicted octanol–water partition coefficient (Wildman–Crippen LogP) is 3.09. The van der Waals surface area contributed by atoms with Crippen LogP contribution in [-0.2, 0) is 10.2 Å². The van der Waals surface area contributed by atoms with Gasteiger partial charge in [0.05, 0.1) is 13.2 Å². The monoisotopic (exact) mass is 208 g/mol. The summed E-state index contributed by atoms with van der Waals surface area (Å²) in [7, 11) is 0. The number of benzene rings is 1. The minimum absolute atomic E-state index is 0.273. The van der Waals surface area contributed by atoms with E-state index < -0.39 is 0 Å². The van der Waals surface area contributed by atoms with Gasteiger partial charge in [0.15, 0.2) is 0 Å². The van der Waals surface area contributed by atoms with Gasteiger partial charge in [-0.3, -0.25) is 0 Å². The Balaban J connectivity index is 2.13. The summed E-state index contributed by atoms with van der Waals surface area (Å²) >= 11 is 1.89. The van der Waals surface area contributed by atoms with E-state index in [-0.39, 0.29) is 5.41 Å². The molecule has 0 bridgehead atoms. The maximum absolute atomic E-state index is 5.26. The summed E-state index contributed by atoms with van der Waals surface area (Å²) in [6.07, 6.45) is 0. The summed E-state index contributed by atoms with van der Waals surface area (Å²) in [6, 6.07) is 8.90. The summed E-state index contributed by atoms with van der Waals surface area (Å²) in [5.41, 5.74) is 1.68. The molecule has 1 aliphatic rings. The Morgan fingerprint density at radius 2 is 1.93 bits per heavy atom. The zero-order valence-electron chi connectivity index (χ0n) is 8.75. The second-order valence-corrected chi connectivity index (χ2v) is 5.35. The SMILES string of the molecule is CCSc1ccc(C2(C)COC2)cc1. The zero-order chi connectivity index (χ0) is 10.0. The number of thioether (sulfide) groups is 1. The molecule has 0 spiro atoms. The lowest BCUT2D eigenvalue weighted by Gasteiger charge is -2.38. The topological polar surface area (TPSA) is 9.23 Å². The third-order valence-corrected chi connectivity index (χ3v) is 3.60. The van der Waals surface area contributed by atoms with E-state index in [1.807, 2.05) is 11.8 Å². The van der Waals surface area contributed by atoms with Crippen molar-refractivity contribution in [2.45, 2.75) is 24.2 Å². The second-order valence-electron chi connectivity index (χ2n) is 4.01. The molecule has 0 atom stereocenters. The highest BCUT2D eigenvalue weighted by atomic mass is 32.2. The molecular formula is C12H16OS. The number of hydrogen-bond acceptors (Lipinski definition) is 2. The van der Waals surface area contributed by atoms with Gasteiger partial charge in [0, 0.05) is 10.3 Å². The van der Waals surface area contributed by atoms with Crippen molar-refractivity contribution in [2.24, 2.45) is 0 Å². The summed E-state index contributed by atoms with van der Waals surface area (Å²) in [5, 5.41) is 0. The molecule has 1 nitrogen and oxygen atoms in total. The van der Waals surface area contributed by atoms with Crippen LogP contribution in [-0.4, -0.2) is 19.0 Å². The van der Waals surface area contributed by atoms with Crippen molar-refractivity contribution < 1.29 is 4.74 Å². The number of hydrogen-bond donors (Lipinski definition) is 0. The van der Waals surface area contributed by atoms with Crippen LogP contribution in [0.5, 0.6) is 0 Å². The van der Waals surface area contributed by atoms with E-state index in [9.17, 15) is 0 Å². The van der Waals surface area contributed by atoms with Gasteiger partial charge in [0.1, 0.15) is 0 Å². The van der Waals surface area contributed by atoms with Crippen LogP contribution in [0.25, 0.3) is 0 Å². The van der Waals surface area contributed by atoms with Crippen molar-refractivity contribution in [1.82, 2.24) is 0 Å². The Labute approximate surface area is 89.9 Å². The Kier molecular flexibility index (Phi) is 2.84. The first-order valence-electron chi connectivity index (χ1n) is 5.06. The van der Waals surface area contributed by atoms with Crippen LogP contribution in [0.15, 0.2) is 29.2 Å². The van der Waals surface area contributed by atoms with Crippen molar-refractivity contribution in [1.29, 1.82) is 0 Å². The van der Waals surface area contributed by atoms with Gasteiger partial charge in [-0.25, -0.2) is 0 Å². The smallest absolute Gasteiger partial charge is 0.0582 e. The molecule has 1 heterocycles. The van der Waals surface area contributed by atoms with Crippen molar-refractivity contribution in [3.63, 3.8) is 0 Å². The molecule has 1 aliphatic heterocycles. The number of ether oxygens (including phenoxy) is 1. The predicted molar refractivity (Wildman–Crippen MR) is 61.0 cm³/mol. The number of rotatable bonds is 3. The van der Waals surface area contributed by atoms with E-state index in [2.05, 4.69) is 38.1 Å². The molecule has 1 aromatic carbocycles. The molecule has 14 heavy (non-hydrogen) atoms. The van der Waals surface area contributed by atoms with Crippen LogP contribution in [0.3, 0.4) is 0 Å². The minimum atomic E-state index is 0.273. The first kappa shape index (κ1) is 10.1. The summed E-state index contributed by atoms with van der Waals surface area (Å²) in [5.74, 6) is 1.14. The molecule has 0 N–H and O–H groups in total. The molecule has 1 saturated heterocycles. The van der Waals surface area contributed by atoms with Crippen molar-refractivity contribution in [3.05, 3.63) is 29.8 Å². The lowest BCUT2D eigenvalue weighted by atomic mass is 9.81. The zero-order valence-corrected chi connectivity index (χ0v) is 9.56. The summed E-state index contributed by atoms with van der Waals surface area (Å²) < 4.78 is 5.26. The van der Waals surface area contributed by atoms with Gasteiger partial charge in [-0.05, 0) is 23.4 Å². The van der Waals surface area contributed by atoms with Crippen molar-refractivity contribution in [3.8, 4) is 0 Å². The molecule has 76 valence electrons. The van der Waals surface area contributed by atoms with E-state index in [1.165, 1.54) is 10.5 Å². The van der Waals surface area contributed by atoms with Gasteiger partial charge in [-0.15, -0.1) is 11.8 Å². The fraction of sp³-hybridized carbons (Fsp3) is 0.500. The lowest BCUT2D eigenvalue weighted by Crippen LogP contribution is -2.43. The molecule has 0 aromatic heterocycles. The highest BCUT2D eigenvalue weighted by Gasteiger charge is 2.34. The Morgan fingerprint density at radius 1 is 1.29 bits per heavy atom. The highest BCUT2D eigenvalue weighted by Crippen LogP contribution is 2.32. The molecule has 0 radical (unpaired) electrons. The van der Waals surface area contributed by atoms with Crippen LogP contribution < -0.4 is 0 Å². The quantitative estimate of drug-likeness (QED) is 0.706. The van der Waals surface area contributed by atoms with Crippen molar-refractivity contribution >= 4 is 11.8 Å². The maximum Gasteiger partial charge on any atom is 0.0582 e. The fourth-order valence-corrected chi connectivity index (χ4v) is 2.36. The molecule has 0 aliphatic carbocycles. The van der Waals surface area contributed by atoms with Gasteiger partial charge in [-0.2, -0.15) is 0 Å². The van der Waals surface area contributed by atoms with Gasteiger partial charge >= 0.3 is 0 Å². The summed E-state index contributed by atoms with van der Waals surface area (Å²) in [4.78, 5) is 1.36. The van der Waals surface area contributed by atoms with Gasteiger partial charge in [-0.1, -0.05) is 26.0 Å². The van der Waals surface area contributed by atoms with E-state index >= 15 is 0 Å².